The zero-order valence-corrected chi connectivity index (χ0v) is 12.9. The first-order valence-corrected chi connectivity index (χ1v) is 6.86. The predicted molar refractivity (Wildman–Crippen MR) is 81.7 cm³/mol. The number of piperazine rings is 1. The van der Waals surface area contributed by atoms with Crippen LogP contribution < -0.4 is 5.32 Å². The van der Waals surface area contributed by atoms with Gasteiger partial charge in [0.1, 0.15) is 5.82 Å². The van der Waals surface area contributed by atoms with E-state index in [1.54, 1.807) is 0 Å². The lowest BCUT2D eigenvalue weighted by molar-refractivity contribution is 0.0305. The van der Waals surface area contributed by atoms with Crippen LogP contribution >= 0.6 is 12.4 Å². The van der Waals surface area contributed by atoms with Gasteiger partial charge in [-0.25, -0.2) is 4.39 Å². The van der Waals surface area contributed by atoms with Gasteiger partial charge in [0.2, 0.25) is 0 Å². The zero-order valence-electron chi connectivity index (χ0n) is 12.1. The van der Waals surface area contributed by atoms with Gasteiger partial charge in [-0.3, -0.25) is 4.90 Å². The van der Waals surface area contributed by atoms with Crippen LogP contribution in [0.15, 0.2) is 24.3 Å². The average Bonchev–Trinajstić information content (AvgIpc) is 2.42. The summed E-state index contributed by atoms with van der Waals surface area (Å²) in [6, 6.07) is 6.77. The number of aliphatic hydroxyl groups excluding tert-OH is 1. The van der Waals surface area contributed by atoms with E-state index >= 15 is 0 Å². The Hall–Kier alpha value is -0.680. The Morgan fingerprint density at radius 1 is 1.25 bits per heavy atom. The molecule has 0 aromatic heterocycles. The molecule has 0 saturated carbocycles. The van der Waals surface area contributed by atoms with Crippen molar-refractivity contribution < 1.29 is 9.50 Å². The van der Waals surface area contributed by atoms with Gasteiger partial charge < -0.3 is 10.4 Å². The molecule has 1 aliphatic heterocycles. The number of halogens is 2. The molecule has 1 atom stereocenters. The van der Waals surface area contributed by atoms with Crippen molar-refractivity contribution >= 4 is 12.4 Å². The fourth-order valence-corrected chi connectivity index (χ4v) is 2.83. The predicted octanol–water partition coefficient (Wildman–Crippen LogP) is 2.21. The minimum absolute atomic E-state index is 0. The second-order valence-corrected chi connectivity index (χ2v) is 5.89. The summed E-state index contributed by atoms with van der Waals surface area (Å²) in [5.74, 6) is -0.218. The van der Waals surface area contributed by atoms with Gasteiger partial charge in [-0.1, -0.05) is 26.0 Å². The van der Waals surface area contributed by atoms with Gasteiger partial charge in [0.15, 0.2) is 0 Å². The van der Waals surface area contributed by atoms with Gasteiger partial charge >= 0.3 is 0 Å². The van der Waals surface area contributed by atoms with E-state index in [4.69, 9.17) is 0 Å². The molecule has 0 spiro atoms. The lowest BCUT2D eigenvalue weighted by Crippen LogP contribution is -2.49. The van der Waals surface area contributed by atoms with Gasteiger partial charge in [-0.15, -0.1) is 12.4 Å². The van der Waals surface area contributed by atoms with E-state index in [9.17, 15) is 9.50 Å². The number of benzene rings is 1. The second kappa shape index (κ2) is 7.36. The van der Waals surface area contributed by atoms with Gasteiger partial charge in [0.25, 0.3) is 0 Å². The van der Waals surface area contributed by atoms with Gasteiger partial charge in [0, 0.05) is 44.2 Å². The molecule has 1 saturated heterocycles. The molecule has 0 amide bonds. The highest BCUT2D eigenvalue weighted by Crippen LogP contribution is 2.38. The highest BCUT2D eigenvalue weighted by atomic mass is 35.5. The molecule has 0 aliphatic carbocycles. The molecule has 20 heavy (non-hydrogen) atoms. The maximum Gasteiger partial charge on any atom is 0.123 e. The van der Waals surface area contributed by atoms with Crippen molar-refractivity contribution in [1.29, 1.82) is 0 Å². The van der Waals surface area contributed by atoms with Gasteiger partial charge in [0.05, 0.1) is 0 Å². The summed E-state index contributed by atoms with van der Waals surface area (Å²) in [6.45, 7) is 8.04. The summed E-state index contributed by atoms with van der Waals surface area (Å²) in [5, 5.41) is 13.0. The normalized spacial score (nSPS) is 18.4. The van der Waals surface area contributed by atoms with E-state index in [1.165, 1.54) is 12.1 Å². The molecule has 1 fully saturated rings. The lowest BCUT2D eigenvalue weighted by atomic mass is 9.80. The van der Waals surface area contributed by atoms with E-state index in [1.807, 2.05) is 12.1 Å². The third-order valence-electron chi connectivity index (χ3n) is 3.85. The molecule has 1 heterocycles. The quantitative estimate of drug-likeness (QED) is 0.895. The fraction of sp³-hybridized carbons (Fsp3) is 0.600. The van der Waals surface area contributed by atoms with Crippen LogP contribution in [0.3, 0.4) is 0 Å². The zero-order chi connectivity index (χ0) is 13.9. The first kappa shape index (κ1) is 17.4. The Bertz CT molecular complexity index is 405. The maximum absolute atomic E-state index is 13.1. The van der Waals surface area contributed by atoms with Gasteiger partial charge in [-0.05, 0) is 17.7 Å². The van der Waals surface area contributed by atoms with Gasteiger partial charge in [-0.2, -0.15) is 0 Å². The largest absolute Gasteiger partial charge is 0.396 e. The average molecular weight is 303 g/mol. The molecular weight excluding hydrogens is 279 g/mol. The van der Waals surface area contributed by atoms with Crippen LogP contribution in [-0.2, 0) is 0 Å². The van der Waals surface area contributed by atoms with E-state index in [0.29, 0.717) is 0 Å². The Morgan fingerprint density at radius 3 is 2.30 bits per heavy atom. The molecule has 1 aromatic rings. The molecule has 1 aromatic carbocycles. The number of nitrogens with one attached hydrogen (secondary N) is 1. The molecule has 0 radical (unpaired) electrons. The molecule has 2 rings (SSSR count). The number of aliphatic hydroxyl groups is 1. The Kier molecular flexibility index (Phi) is 6.40. The molecule has 114 valence electrons. The molecule has 1 aliphatic rings. The van der Waals surface area contributed by atoms with Crippen LogP contribution in [0.5, 0.6) is 0 Å². The summed E-state index contributed by atoms with van der Waals surface area (Å²) in [5.41, 5.74) is 0.817. The van der Waals surface area contributed by atoms with E-state index < -0.39 is 0 Å². The Morgan fingerprint density at radius 2 is 1.80 bits per heavy atom. The minimum atomic E-state index is -0.255. The molecular formula is C15H24ClFN2O. The maximum atomic E-state index is 13.1. The summed E-state index contributed by atoms with van der Waals surface area (Å²) in [6.07, 6.45) is 0. The summed E-state index contributed by atoms with van der Waals surface area (Å²) in [7, 11) is 0. The lowest BCUT2D eigenvalue weighted by Gasteiger charge is -2.43. The van der Waals surface area contributed by atoms with Crippen LogP contribution in [0.1, 0.15) is 25.5 Å². The first-order chi connectivity index (χ1) is 9.04. The molecule has 0 unspecified atom stereocenters. The number of hydrogen-bond acceptors (Lipinski definition) is 3. The van der Waals surface area contributed by atoms with E-state index in [0.717, 1.165) is 31.7 Å². The van der Waals surface area contributed by atoms with Crippen molar-refractivity contribution in [3.05, 3.63) is 35.6 Å². The minimum Gasteiger partial charge on any atom is -0.396 e. The van der Waals surface area contributed by atoms with Crippen LogP contribution in [0, 0.1) is 11.2 Å². The molecule has 2 N–H and O–H groups in total. The van der Waals surface area contributed by atoms with Crippen LogP contribution in [0.4, 0.5) is 4.39 Å². The molecule has 5 heteroatoms. The standard InChI is InChI=1S/C15H23FN2O.ClH/c1-15(2,11-19)14(18-9-7-17-8-10-18)12-3-5-13(16)6-4-12;/h3-6,14,17,19H,7-11H2,1-2H3;1H/t14-;/m0./s1. The van der Waals surface area contributed by atoms with Crippen molar-refractivity contribution in [2.24, 2.45) is 5.41 Å². The number of rotatable bonds is 4. The van der Waals surface area contributed by atoms with Crippen LogP contribution in [0.2, 0.25) is 0 Å². The summed E-state index contributed by atoms with van der Waals surface area (Å²) in [4.78, 5) is 2.37. The van der Waals surface area contributed by atoms with Crippen molar-refractivity contribution in [3.8, 4) is 0 Å². The highest BCUT2D eigenvalue weighted by molar-refractivity contribution is 5.85. The van der Waals surface area contributed by atoms with Crippen molar-refractivity contribution in [3.63, 3.8) is 0 Å². The van der Waals surface area contributed by atoms with Crippen molar-refractivity contribution in [2.45, 2.75) is 19.9 Å². The fourth-order valence-electron chi connectivity index (χ4n) is 2.83. The highest BCUT2D eigenvalue weighted by Gasteiger charge is 2.35. The summed E-state index contributed by atoms with van der Waals surface area (Å²) < 4.78 is 13.1. The number of hydrogen-bond donors (Lipinski definition) is 2. The first-order valence-electron chi connectivity index (χ1n) is 6.86. The van der Waals surface area contributed by atoms with E-state index in [-0.39, 0.29) is 36.3 Å². The second-order valence-electron chi connectivity index (χ2n) is 5.89. The molecule has 3 nitrogen and oxygen atoms in total. The Labute approximate surface area is 126 Å². The SMILES string of the molecule is CC(C)(CO)[C@H](c1ccc(F)cc1)N1CCNCC1.Cl. The third kappa shape index (κ3) is 3.92. The topological polar surface area (TPSA) is 35.5 Å². The van der Waals surface area contributed by atoms with Crippen LogP contribution in [0.25, 0.3) is 0 Å². The molecule has 0 bridgehead atoms. The monoisotopic (exact) mass is 302 g/mol. The Balaban J connectivity index is 0.00000200. The number of nitrogens with zero attached hydrogens (tertiary/aromatic N) is 1. The van der Waals surface area contributed by atoms with Crippen LogP contribution in [-0.4, -0.2) is 42.8 Å². The third-order valence-corrected chi connectivity index (χ3v) is 3.85. The van der Waals surface area contributed by atoms with Crippen molar-refractivity contribution in [1.82, 2.24) is 10.2 Å². The van der Waals surface area contributed by atoms with Crippen molar-refractivity contribution in [2.75, 3.05) is 32.8 Å². The smallest absolute Gasteiger partial charge is 0.123 e. The summed E-state index contributed by atoms with van der Waals surface area (Å²) >= 11 is 0. The van der Waals surface area contributed by atoms with E-state index in [2.05, 4.69) is 24.1 Å².